The molecule has 0 aliphatic heterocycles. The van der Waals surface area contributed by atoms with Crippen molar-refractivity contribution in [1.82, 2.24) is 29.5 Å². The number of hydrogen-bond donors (Lipinski definition) is 0. The number of rotatable bonds is 7. The first-order valence-electron chi connectivity index (χ1n) is 16.8. The van der Waals surface area contributed by atoms with Gasteiger partial charge in [0.2, 0.25) is 0 Å². The van der Waals surface area contributed by atoms with Crippen molar-refractivity contribution >= 4 is 11.0 Å². The van der Waals surface area contributed by atoms with Gasteiger partial charge >= 0.3 is 0 Å². The van der Waals surface area contributed by atoms with E-state index in [0.29, 0.717) is 17.5 Å². The molecular weight excluding hydrogens is 625 g/mol. The molecule has 0 unspecified atom stereocenters. The fraction of sp³-hybridized carbons (Fsp3) is 0. The summed E-state index contributed by atoms with van der Waals surface area (Å²) in [6.45, 7) is 0. The number of pyridine rings is 1. The van der Waals surface area contributed by atoms with E-state index in [2.05, 4.69) is 101 Å². The van der Waals surface area contributed by atoms with Crippen LogP contribution >= 0.6 is 0 Å². The van der Waals surface area contributed by atoms with Crippen molar-refractivity contribution in [2.75, 3.05) is 0 Å². The SMILES string of the molecule is c1ccc(-c2nc(-c3ccc(-c4ccc(-n5c(-c6ccccn6)nc6ccccc65)cc4)cc3)nc(-c3ccccc3-c3ccccc3)n2)cc1. The maximum Gasteiger partial charge on any atom is 0.164 e. The van der Waals surface area contributed by atoms with Gasteiger partial charge in [-0.25, -0.2) is 19.9 Å². The van der Waals surface area contributed by atoms with Gasteiger partial charge in [0.05, 0.1) is 11.0 Å². The molecule has 0 bridgehead atoms. The fourth-order valence-corrected chi connectivity index (χ4v) is 6.46. The normalized spacial score (nSPS) is 11.1. The molecule has 9 rings (SSSR count). The van der Waals surface area contributed by atoms with Gasteiger partial charge in [-0.15, -0.1) is 0 Å². The highest BCUT2D eigenvalue weighted by molar-refractivity contribution is 5.84. The molecule has 0 aliphatic rings. The van der Waals surface area contributed by atoms with Crippen LogP contribution in [0.3, 0.4) is 0 Å². The molecule has 6 heteroatoms. The van der Waals surface area contributed by atoms with Gasteiger partial charge in [0.1, 0.15) is 5.69 Å². The summed E-state index contributed by atoms with van der Waals surface area (Å²) in [5.41, 5.74) is 11.0. The van der Waals surface area contributed by atoms with Crippen molar-refractivity contribution in [2.45, 2.75) is 0 Å². The first-order chi connectivity index (χ1) is 25.3. The van der Waals surface area contributed by atoms with E-state index in [1.54, 1.807) is 6.20 Å². The molecular formula is C45H30N6. The number of imidazole rings is 1. The van der Waals surface area contributed by atoms with Crippen molar-refractivity contribution < 1.29 is 0 Å². The fourth-order valence-electron chi connectivity index (χ4n) is 6.46. The zero-order valence-electron chi connectivity index (χ0n) is 27.5. The summed E-state index contributed by atoms with van der Waals surface area (Å²) in [6, 6.07) is 59.8. The molecule has 51 heavy (non-hydrogen) atoms. The van der Waals surface area contributed by atoms with Gasteiger partial charge in [0.15, 0.2) is 23.3 Å². The van der Waals surface area contributed by atoms with Crippen molar-refractivity contribution in [2.24, 2.45) is 0 Å². The molecule has 9 aromatic rings. The lowest BCUT2D eigenvalue weighted by Gasteiger charge is -2.12. The van der Waals surface area contributed by atoms with Crippen LogP contribution in [0.2, 0.25) is 0 Å². The van der Waals surface area contributed by atoms with E-state index in [1.807, 2.05) is 84.9 Å². The minimum atomic E-state index is 0.623. The lowest BCUT2D eigenvalue weighted by Crippen LogP contribution is -2.01. The second-order valence-corrected chi connectivity index (χ2v) is 12.2. The van der Waals surface area contributed by atoms with E-state index in [1.165, 1.54) is 0 Å². The van der Waals surface area contributed by atoms with Gasteiger partial charge in [-0.1, -0.05) is 140 Å². The Morgan fingerprint density at radius 2 is 0.882 bits per heavy atom. The number of para-hydroxylation sites is 2. The Labute approximate surface area is 295 Å². The predicted octanol–water partition coefficient (Wildman–Crippen LogP) is 10.6. The maximum absolute atomic E-state index is 5.05. The Kier molecular flexibility index (Phi) is 7.72. The average Bonchev–Trinajstić information content (AvgIpc) is 3.62. The van der Waals surface area contributed by atoms with Crippen LogP contribution in [-0.4, -0.2) is 29.5 Å². The van der Waals surface area contributed by atoms with Crippen LogP contribution in [0.15, 0.2) is 182 Å². The zero-order valence-corrected chi connectivity index (χ0v) is 27.5. The van der Waals surface area contributed by atoms with Gasteiger partial charge in [-0.2, -0.15) is 0 Å². The Morgan fingerprint density at radius 3 is 1.57 bits per heavy atom. The molecule has 3 aromatic heterocycles. The Hall–Kier alpha value is -7.05. The summed E-state index contributed by atoms with van der Waals surface area (Å²) >= 11 is 0. The van der Waals surface area contributed by atoms with Crippen LogP contribution in [0.1, 0.15) is 0 Å². The van der Waals surface area contributed by atoms with Crippen molar-refractivity contribution in [3.05, 3.63) is 182 Å². The molecule has 0 fully saturated rings. The minimum Gasteiger partial charge on any atom is -0.291 e. The molecule has 0 saturated heterocycles. The molecule has 0 aliphatic carbocycles. The third kappa shape index (κ3) is 5.85. The first-order valence-corrected chi connectivity index (χ1v) is 16.8. The van der Waals surface area contributed by atoms with Gasteiger partial charge in [-0.3, -0.25) is 9.55 Å². The second-order valence-electron chi connectivity index (χ2n) is 12.2. The van der Waals surface area contributed by atoms with Crippen LogP contribution in [0.4, 0.5) is 0 Å². The third-order valence-corrected chi connectivity index (χ3v) is 8.98. The molecule has 6 nitrogen and oxygen atoms in total. The van der Waals surface area contributed by atoms with Crippen LogP contribution in [0, 0.1) is 0 Å². The highest BCUT2D eigenvalue weighted by Crippen LogP contribution is 2.33. The molecule has 0 amide bonds. The molecule has 240 valence electrons. The van der Waals surface area contributed by atoms with E-state index >= 15 is 0 Å². The first kappa shape index (κ1) is 30.0. The lowest BCUT2D eigenvalue weighted by atomic mass is 9.99. The van der Waals surface area contributed by atoms with Crippen molar-refractivity contribution in [3.63, 3.8) is 0 Å². The van der Waals surface area contributed by atoms with Crippen LogP contribution in [0.25, 0.3) is 84.7 Å². The van der Waals surface area contributed by atoms with E-state index in [9.17, 15) is 0 Å². The van der Waals surface area contributed by atoms with Gasteiger partial charge in [-0.05, 0) is 58.7 Å². The number of benzene rings is 6. The van der Waals surface area contributed by atoms with Crippen LogP contribution < -0.4 is 0 Å². The van der Waals surface area contributed by atoms with E-state index < -0.39 is 0 Å². The van der Waals surface area contributed by atoms with E-state index in [-0.39, 0.29) is 0 Å². The molecule has 0 N–H and O–H groups in total. The summed E-state index contributed by atoms with van der Waals surface area (Å²) in [5, 5.41) is 0. The van der Waals surface area contributed by atoms with Gasteiger partial charge in [0, 0.05) is 28.6 Å². The highest BCUT2D eigenvalue weighted by Gasteiger charge is 2.17. The Morgan fingerprint density at radius 1 is 0.353 bits per heavy atom. The Balaban J connectivity index is 1.08. The summed E-state index contributed by atoms with van der Waals surface area (Å²) < 4.78 is 2.17. The summed E-state index contributed by atoms with van der Waals surface area (Å²) in [5.74, 6) is 2.70. The van der Waals surface area contributed by atoms with Crippen molar-refractivity contribution in [3.8, 4) is 73.6 Å². The van der Waals surface area contributed by atoms with Crippen LogP contribution in [0.5, 0.6) is 0 Å². The zero-order chi connectivity index (χ0) is 34.0. The number of aromatic nitrogens is 6. The van der Waals surface area contributed by atoms with Crippen molar-refractivity contribution in [1.29, 1.82) is 0 Å². The molecule has 3 heterocycles. The lowest BCUT2D eigenvalue weighted by molar-refractivity contribution is 1.07. The monoisotopic (exact) mass is 654 g/mol. The molecule has 0 saturated carbocycles. The van der Waals surface area contributed by atoms with Gasteiger partial charge in [0.25, 0.3) is 0 Å². The topological polar surface area (TPSA) is 69.4 Å². The number of nitrogens with zero attached hydrogens (tertiary/aromatic N) is 6. The maximum atomic E-state index is 5.05. The highest BCUT2D eigenvalue weighted by atomic mass is 15.1. The average molecular weight is 655 g/mol. The van der Waals surface area contributed by atoms with E-state index in [0.717, 1.165) is 67.2 Å². The summed E-state index contributed by atoms with van der Waals surface area (Å²) in [6.07, 6.45) is 1.80. The summed E-state index contributed by atoms with van der Waals surface area (Å²) in [4.78, 5) is 24.5. The third-order valence-electron chi connectivity index (χ3n) is 8.98. The standard InChI is InChI=1S/C45H30N6/c1-3-13-33(14-4-1)37-17-7-8-18-38(37)44-49-42(34-15-5-2-6-16-34)48-43(50-44)35-24-22-31(23-25-35)32-26-28-36(29-27-32)51-41-21-10-9-19-39(41)47-45(51)40-20-11-12-30-46-40/h1-30H. The van der Waals surface area contributed by atoms with E-state index in [4.69, 9.17) is 19.9 Å². The molecule has 0 spiro atoms. The summed E-state index contributed by atoms with van der Waals surface area (Å²) in [7, 11) is 0. The number of fused-ring (bicyclic) bond motifs is 1. The van der Waals surface area contributed by atoms with Gasteiger partial charge < -0.3 is 0 Å². The quantitative estimate of drug-likeness (QED) is 0.171. The predicted molar refractivity (Wildman–Crippen MR) is 205 cm³/mol. The smallest absolute Gasteiger partial charge is 0.164 e. The Bertz CT molecular complexity index is 2600. The second kappa shape index (κ2) is 13.1. The number of hydrogen-bond acceptors (Lipinski definition) is 5. The largest absolute Gasteiger partial charge is 0.291 e. The molecule has 6 aromatic carbocycles. The molecule has 0 atom stereocenters. The molecule has 0 radical (unpaired) electrons. The van der Waals surface area contributed by atoms with Crippen LogP contribution in [-0.2, 0) is 0 Å². The minimum absolute atomic E-state index is 0.623.